The summed E-state index contributed by atoms with van der Waals surface area (Å²) in [6, 6.07) is 0. The Morgan fingerprint density at radius 2 is 1.94 bits per heavy atom. The summed E-state index contributed by atoms with van der Waals surface area (Å²) in [5.74, 6) is 0.630. The average molecular weight is 249 g/mol. The second-order valence-electron chi connectivity index (χ2n) is 5.23. The SMILES string of the molecule is Cc1c(C)c([N+](=O)[O-])c(C=O)c2c1OC(C)(C)C2. The molecule has 1 heterocycles. The standard InChI is InChI=1S/C13H15NO4/c1-7-8(2)12-9(5-13(3,4)18-12)10(6-15)11(7)14(16)17/h6H,5H2,1-4H3. The number of rotatable bonds is 2. The first kappa shape index (κ1) is 12.5. The van der Waals surface area contributed by atoms with Crippen LogP contribution < -0.4 is 4.74 Å². The van der Waals surface area contributed by atoms with Crippen LogP contribution in [0.4, 0.5) is 5.69 Å². The van der Waals surface area contributed by atoms with Crippen LogP contribution in [-0.4, -0.2) is 16.8 Å². The van der Waals surface area contributed by atoms with Gasteiger partial charge in [-0.15, -0.1) is 0 Å². The molecular formula is C13H15NO4. The van der Waals surface area contributed by atoms with Gasteiger partial charge in [0.05, 0.1) is 10.5 Å². The van der Waals surface area contributed by atoms with Gasteiger partial charge in [-0.25, -0.2) is 0 Å². The van der Waals surface area contributed by atoms with E-state index in [4.69, 9.17) is 4.74 Å². The number of hydrogen-bond acceptors (Lipinski definition) is 4. The molecule has 1 aliphatic heterocycles. The molecule has 18 heavy (non-hydrogen) atoms. The lowest BCUT2D eigenvalue weighted by molar-refractivity contribution is -0.385. The smallest absolute Gasteiger partial charge is 0.283 e. The summed E-state index contributed by atoms with van der Waals surface area (Å²) in [7, 11) is 0. The van der Waals surface area contributed by atoms with E-state index in [1.807, 2.05) is 13.8 Å². The fraction of sp³-hybridized carbons (Fsp3) is 0.462. The minimum atomic E-state index is -0.488. The third-order valence-corrected chi connectivity index (χ3v) is 3.39. The van der Waals surface area contributed by atoms with Crippen molar-refractivity contribution in [2.24, 2.45) is 0 Å². The van der Waals surface area contributed by atoms with Gasteiger partial charge in [-0.05, 0) is 27.7 Å². The molecule has 0 fully saturated rings. The summed E-state index contributed by atoms with van der Waals surface area (Å²) in [6.07, 6.45) is 1.08. The van der Waals surface area contributed by atoms with E-state index in [9.17, 15) is 14.9 Å². The van der Waals surface area contributed by atoms with Crippen molar-refractivity contribution >= 4 is 12.0 Å². The quantitative estimate of drug-likeness (QED) is 0.459. The van der Waals surface area contributed by atoms with Crippen molar-refractivity contribution in [2.45, 2.75) is 39.7 Å². The maximum absolute atomic E-state index is 11.2. The van der Waals surface area contributed by atoms with Gasteiger partial charge < -0.3 is 4.74 Å². The predicted molar refractivity (Wildman–Crippen MR) is 66.4 cm³/mol. The molecule has 0 saturated heterocycles. The van der Waals surface area contributed by atoms with E-state index >= 15 is 0 Å². The molecule has 0 radical (unpaired) electrons. The van der Waals surface area contributed by atoms with Gasteiger partial charge in [-0.3, -0.25) is 14.9 Å². The second kappa shape index (κ2) is 3.80. The number of nitrogens with zero attached hydrogens (tertiary/aromatic N) is 1. The first-order valence-electron chi connectivity index (χ1n) is 5.73. The molecule has 0 bridgehead atoms. The Labute approximate surface area is 105 Å². The van der Waals surface area contributed by atoms with Crippen molar-refractivity contribution in [2.75, 3.05) is 0 Å². The second-order valence-corrected chi connectivity index (χ2v) is 5.23. The number of fused-ring (bicyclic) bond motifs is 1. The zero-order valence-corrected chi connectivity index (χ0v) is 10.9. The predicted octanol–water partition coefficient (Wildman–Crippen LogP) is 2.74. The molecule has 0 amide bonds. The first-order valence-corrected chi connectivity index (χ1v) is 5.73. The highest BCUT2D eigenvalue weighted by atomic mass is 16.6. The maximum Gasteiger partial charge on any atom is 0.283 e. The fourth-order valence-corrected chi connectivity index (χ4v) is 2.46. The topological polar surface area (TPSA) is 69.4 Å². The summed E-state index contributed by atoms with van der Waals surface area (Å²) < 4.78 is 5.80. The minimum Gasteiger partial charge on any atom is -0.487 e. The van der Waals surface area contributed by atoms with E-state index in [-0.39, 0.29) is 11.3 Å². The van der Waals surface area contributed by atoms with Crippen molar-refractivity contribution in [1.82, 2.24) is 0 Å². The number of hydrogen-bond donors (Lipinski definition) is 0. The van der Waals surface area contributed by atoms with Gasteiger partial charge in [0, 0.05) is 23.1 Å². The van der Waals surface area contributed by atoms with Crippen LogP contribution in [-0.2, 0) is 6.42 Å². The molecule has 96 valence electrons. The molecule has 2 rings (SSSR count). The minimum absolute atomic E-state index is 0.0949. The zero-order valence-electron chi connectivity index (χ0n) is 10.9. The summed E-state index contributed by atoms with van der Waals surface area (Å²) in [6.45, 7) is 7.25. The third-order valence-electron chi connectivity index (χ3n) is 3.39. The van der Waals surface area contributed by atoms with Crippen LogP contribution in [0.1, 0.15) is 40.9 Å². The van der Waals surface area contributed by atoms with Gasteiger partial charge >= 0.3 is 0 Å². The third kappa shape index (κ3) is 1.66. The molecule has 0 aromatic heterocycles. The Hall–Kier alpha value is -1.91. The Morgan fingerprint density at radius 1 is 1.33 bits per heavy atom. The van der Waals surface area contributed by atoms with Gasteiger partial charge in [0.15, 0.2) is 6.29 Å². The molecule has 0 aliphatic carbocycles. The van der Waals surface area contributed by atoms with Crippen LogP contribution in [0, 0.1) is 24.0 Å². The number of nitro benzene ring substituents is 1. The molecule has 5 heteroatoms. The average Bonchev–Trinajstić information content (AvgIpc) is 2.58. The van der Waals surface area contributed by atoms with E-state index in [2.05, 4.69) is 0 Å². The van der Waals surface area contributed by atoms with Crippen LogP contribution in [0.25, 0.3) is 0 Å². The lowest BCUT2D eigenvalue weighted by atomic mass is 9.92. The number of ether oxygens (including phenoxy) is 1. The molecule has 0 N–H and O–H groups in total. The molecule has 0 spiro atoms. The van der Waals surface area contributed by atoms with E-state index in [0.717, 1.165) is 5.56 Å². The Balaban J connectivity index is 2.81. The van der Waals surface area contributed by atoms with Gasteiger partial charge in [0.2, 0.25) is 0 Å². The normalized spacial score (nSPS) is 16.0. The number of carbonyl (C=O) groups is 1. The van der Waals surface area contributed by atoms with Gasteiger partial charge in [-0.2, -0.15) is 0 Å². The molecule has 5 nitrogen and oxygen atoms in total. The van der Waals surface area contributed by atoms with E-state index in [0.29, 0.717) is 29.6 Å². The summed E-state index contributed by atoms with van der Waals surface area (Å²) in [4.78, 5) is 21.8. The Kier molecular flexibility index (Phi) is 2.65. The monoisotopic (exact) mass is 249 g/mol. The molecule has 1 aliphatic rings. The molecule has 1 aromatic carbocycles. The lowest BCUT2D eigenvalue weighted by Gasteiger charge is -2.17. The zero-order chi connectivity index (χ0) is 13.7. The molecule has 1 aromatic rings. The molecule has 0 unspecified atom stereocenters. The highest BCUT2D eigenvalue weighted by Crippen LogP contribution is 2.44. The van der Waals surface area contributed by atoms with Crippen molar-refractivity contribution in [1.29, 1.82) is 0 Å². The van der Waals surface area contributed by atoms with Crippen LogP contribution in [0.5, 0.6) is 5.75 Å². The maximum atomic E-state index is 11.2. The van der Waals surface area contributed by atoms with Crippen molar-refractivity contribution in [3.8, 4) is 5.75 Å². The van der Waals surface area contributed by atoms with Crippen LogP contribution in [0.2, 0.25) is 0 Å². The lowest BCUT2D eigenvalue weighted by Crippen LogP contribution is -2.25. The summed E-state index contributed by atoms with van der Waals surface area (Å²) in [5.41, 5.74) is 1.54. The van der Waals surface area contributed by atoms with E-state index in [1.54, 1.807) is 13.8 Å². The molecule has 0 saturated carbocycles. The largest absolute Gasteiger partial charge is 0.487 e. The van der Waals surface area contributed by atoms with Crippen molar-refractivity contribution in [3.63, 3.8) is 0 Å². The number of nitro groups is 1. The van der Waals surface area contributed by atoms with E-state index in [1.165, 1.54) is 0 Å². The van der Waals surface area contributed by atoms with Crippen LogP contribution >= 0.6 is 0 Å². The number of aldehydes is 1. The first-order chi connectivity index (χ1) is 8.28. The van der Waals surface area contributed by atoms with Crippen LogP contribution in [0.3, 0.4) is 0 Å². The highest BCUT2D eigenvalue weighted by molar-refractivity contribution is 5.87. The Bertz CT molecular complexity index is 561. The van der Waals surface area contributed by atoms with Gasteiger partial charge in [0.1, 0.15) is 11.4 Å². The number of carbonyl (C=O) groups excluding carboxylic acids is 1. The summed E-state index contributed by atoms with van der Waals surface area (Å²) in [5, 5.41) is 11.1. The fourth-order valence-electron chi connectivity index (χ4n) is 2.46. The highest BCUT2D eigenvalue weighted by Gasteiger charge is 2.37. The summed E-state index contributed by atoms with van der Waals surface area (Å²) >= 11 is 0. The van der Waals surface area contributed by atoms with Crippen molar-refractivity contribution in [3.05, 3.63) is 32.4 Å². The van der Waals surface area contributed by atoms with Gasteiger partial charge in [-0.1, -0.05) is 0 Å². The van der Waals surface area contributed by atoms with Gasteiger partial charge in [0.25, 0.3) is 5.69 Å². The van der Waals surface area contributed by atoms with E-state index < -0.39 is 10.5 Å². The van der Waals surface area contributed by atoms with Crippen molar-refractivity contribution < 1.29 is 14.5 Å². The Morgan fingerprint density at radius 3 is 2.44 bits per heavy atom. The molecular weight excluding hydrogens is 234 g/mol. The van der Waals surface area contributed by atoms with Crippen LogP contribution in [0.15, 0.2) is 0 Å². The molecule has 0 atom stereocenters. The number of benzene rings is 1.